The molecular formula is C22H18FNO3. The zero-order chi connectivity index (χ0) is 19.1. The molecule has 0 heterocycles. The molecule has 4 nitrogen and oxygen atoms in total. The summed E-state index contributed by atoms with van der Waals surface area (Å²) in [5.74, 6) is 0.783. The minimum absolute atomic E-state index is 0.0506. The van der Waals surface area contributed by atoms with Crippen LogP contribution in [0.4, 0.5) is 4.39 Å². The summed E-state index contributed by atoms with van der Waals surface area (Å²) in [4.78, 5) is 0. The van der Waals surface area contributed by atoms with Crippen LogP contribution < -0.4 is 9.47 Å². The van der Waals surface area contributed by atoms with E-state index in [1.165, 1.54) is 24.3 Å². The number of benzene rings is 3. The Bertz CT molecular complexity index is 900. The van der Waals surface area contributed by atoms with E-state index in [4.69, 9.17) is 14.7 Å². The highest BCUT2D eigenvalue weighted by Crippen LogP contribution is 2.23. The number of nitrogens with zero attached hydrogens (tertiary/aromatic N) is 1. The maximum atomic E-state index is 12.8. The molecule has 3 aromatic rings. The van der Waals surface area contributed by atoms with E-state index in [9.17, 15) is 9.50 Å². The van der Waals surface area contributed by atoms with Crippen molar-refractivity contribution in [1.82, 2.24) is 0 Å². The summed E-state index contributed by atoms with van der Waals surface area (Å²) in [6, 6.07) is 22.5. The molecule has 0 fully saturated rings. The van der Waals surface area contributed by atoms with Gasteiger partial charge in [-0.25, -0.2) is 4.39 Å². The van der Waals surface area contributed by atoms with E-state index in [1.807, 2.05) is 36.4 Å². The van der Waals surface area contributed by atoms with Crippen LogP contribution in [0.25, 0.3) is 11.1 Å². The molecule has 0 aliphatic heterocycles. The molecule has 0 aromatic heterocycles. The number of aliphatic hydroxyl groups excluding tert-OH is 1. The lowest BCUT2D eigenvalue weighted by atomic mass is 10.0. The number of ether oxygens (including phenoxy) is 2. The van der Waals surface area contributed by atoms with E-state index in [1.54, 1.807) is 12.1 Å². The number of halogens is 1. The normalized spacial score (nSPS) is 11.4. The van der Waals surface area contributed by atoms with E-state index >= 15 is 0 Å². The highest BCUT2D eigenvalue weighted by molar-refractivity contribution is 5.64. The molecule has 1 N–H and O–H groups in total. The molecule has 3 rings (SSSR count). The molecule has 0 spiro atoms. The smallest absolute Gasteiger partial charge is 0.123 e. The van der Waals surface area contributed by atoms with Gasteiger partial charge in [0.1, 0.15) is 36.6 Å². The van der Waals surface area contributed by atoms with Crippen molar-refractivity contribution in [3.63, 3.8) is 0 Å². The van der Waals surface area contributed by atoms with Gasteiger partial charge in [0.05, 0.1) is 11.6 Å². The molecule has 0 amide bonds. The van der Waals surface area contributed by atoms with Crippen molar-refractivity contribution >= 4 is 0 Å². The summed E-state index contributed by atoms with van der Waals surface area (Å²) in [6.07, 6.45) is -0.812. The van der Waals surface area contributed by atoms with Crippen molar-refractivity contribution in [1.29, 1.82) is 5.26 Å². The third kappa shape index (κ3) is 5.30. The van der Waals surface area contributed by atoms with Crippen LogP contribution in [-0.4, -0.2) is 24.4 Å². The van der Waals surface area contributed by atoms with E-state index < -0.39 is 6.10 Å². The fourth-order valence-electron chi connectivity index (χ4n) is 2.44. The van der Waals surface area contributed by atoms with Gasteiger partial charge in [0.25, 0.3) is 0 Å². The van der Waals surface area contributed by atoms with Crippen LogP contribution in [0, 0.1) is 17.1 Å². The minimum atomic E-state index is -0.812. The van der Waals surface area contributed by atoms with E-state index in [-0.39, 0.29) is 19.0 Å². The summed E-state index contributed by atoms with van der Waals surface area (Å²) in [5.41, 5.74) is 2.64. The van der Waals surface area contributed by atoms with Crippen LogP contribution in [0.15, 0.2) is 72.8 Å². The molecule has 0 aliphatic rings. The second-order valence-electron chi connectivity index (χ2n) is 5.94. The maximum Gasteiger partial charge on any atom is 0.123 e. The van der Waals surface area contributed by atoms with Gasteiger partial charge in [0.2, 0.25) is 0 Å². The first kappa shape index (κ1) is 18.4. The van der Waals surface area contributed by atoms with Crippen LogP contribution in [0.2, 0.25) is 0 Å². The summed E-state index contributed by atoms with van der Waals surface area (Å²) >= 11 is 0. The Kier molecular flexibility index (Phi) is 6.03. The third-order valence-corrected chi connectivity index (χ3v) is 3.90. The molecule has 0 bridgehead atoms. The van der Waals surface area contributed by atoms with Gasteiger partial charge in [-0.1, -0.05) is 24.3 Å². The lowest BCUT2D eigenvalue weighted by molar-refractivity contribution is 0.0626. The Morgan fingerprint density at radius 1 is 0.778 bits per heavy atom. The highest BCUT2D eigenvalue weighted by atomic mass is 19.1. The predicted octanol–water partition coefficient (Wildman–Crippen LogP) is 4.18. The SMILES string of the molecule is N#Cc1ccc(-c2ccc(OC[C@H](O)COc3ccc(F)cc3)cc2)cc1. The summed E-state index contributed by atoms with van der Waals surface area (Å²) in [7, 11) is 0. The first-order valence-electron chi connectivity index (χ1n) is 8.44. The lowest BCUT2D eigenvalue weighted by Crippen LogP contribution is -2.25. The molecule has 0 saturated heterocycles. The molecule has 3 aromatic carbocycles. The van der Waals surface area contributed by atoms with Gasteiger partial charge < -0.3 is 14.6 Å². The molecule has 5 heteroatoms. The summed E-state index contributed by atoms with van der Waals surface area (Å²) in [5, 5.41) is 18.8. The molecule has 0 saturated carbocycles. The first-order valence-corrected chi connectivity index (χ1v) is 8.44. The van der Waals surface area contributed by atoms with Crippen molar-refractivity contribution in [3.05, 3.63) is 84.2 Å². The number of hydrogen-bond donors (Lipinski definition) is 1. The Labute approximate surface area is 157 Å². The predicted molar refractivity (Wildman–Crippen MR) is 100.0 cm³/mol. The van der Waals surface area contributed by atoms with Crippen molar-refractivity contribution in [2.45, 2.75) is 6.10 Å². The zero-order valence-corrected chi connectivity index (χ0v) is 14.5. The molecule has 0 radical (unpaired) electrons. The van der Waals surface area contributed by atoms with Crippen LogP contribution in [-0.2, 0) is 0 Å². The van der Waals surface area contributed by atoms with Gasteiger partial charge in [0.15, 0.2) is 0 Å². The molecule has 1 atom stereocenters. The summed E-state index contributed by atoms with van der Waals surface area (Å²) in [6.45, 7) is 0.131. The standard InChI is InChI=1S/C22H18FNO3/c23-19-7-11-22(12-8-19)27-15-20(25)14-26-21-9-5-18(6-10-21)17-3-1-16(13-24)2-4-17/h1-12,20,25H,14-15H2/t20-/m0/s1. The van der Waals surface area contributed by atoms with Crippen molar-refractivity contribution in [2.75, 3.05) is 13.2 Å². The quantitative estimate of drug-likeness (QED) is 0.684. The number of aliphatic hydroxyl groups is 1. The Morgan fingerprint density at radius 3 is 1.70 bits per heavy atom. The Balaban J connectivity index is 1.49. The first-order chi connectivity index (χ1) is 13.1. The average Bonchev–Trinajstić information content (AvgIpc) is 2.72. The number of hydrogen-bond acceptors (Lipinski definition) is 4. The number of rotatable bonds is 7. The van der Waals surface area contributed by atoms with Crippen LogP contribution in [0.5, 0.6) is 11.5 Å². The van der Waals surface area contributed by atoms with Gasteiger partial charge in [-0.05, 0) is 59.7 Å². The van der Waals surface area contributed by atoms with Gasteiger partial charge in [-0.2, -0.15) is 5.26 Å². The van der Waals surface area contributed by atoms with Gasteiger partial charge in [0, 0.05) is 0 Å². The van der Waals surface area contributed by atoms with Crippen LogP contribution in [0.3, 0.4) is 0 Å². The second-order valence-corrected chi connectivity index (χ2v) is 5.94. The van der Waals surface area contributed by atoms with Gasteiger partial charge in [-0.15, -0.1) is 0 Å². The molecule has 136 valence electrons. The van der Waals surface area contributed by atoms with E-state index in [0.29, 0.717) is 17.1 Å². The van der Waals surface area contributed by atoms with Crippen molar-refractivity contribution < 1.29 is 19.0 Å². The molecule has 27 heavy (non-hydrogen) atoms. The lowest BCUT2D eigenvalue weighted by Gasteiger charge is -2.14. The minimum Gasteiger partial charge on any atom is -0.491 e. The molecule has 0 unspecified atom stereocenters. The molecular weight excluding hydrogens is 345 g/mol. The number of nitriles is 1. The third-order valence-electron chi connectivity index (χ3n) is 3.90. The Hall–Kier alpha value is -3.36. The van der Waals surface area contributed by atoms with Crippen molar-refractivity contribution in [2.24, 2.45) is 0 Å². The fraction of sp³-hybridized carbons (Fsp3) is 0.136. The Morgan fingerprint density at radius 2 is 1.22 bits per heavy atom. The zero-order valence-electron chi connectivity index (χ0n) is 14.5. The highest BCUT2D eigenvalue weighted by Gasteiger charge is 2.07. The second kappa shape index (κ2) is 8.84. The van der Waals surface area contributed by atoms with E-state index in [2.05, 4.69) is 6.07 Å². The van der Waals surface area contributed by atoms with Crippen LogP contribution >= 0.6 is 0 Å². The molecule has 0 aliphatic carbocycles. The van der Waals surface area contributed by atoms with Gasteiger partial charge in [-0.3, -0.25) is 0 Å². The van der Waals surface area contributed by atoms with Crippen molar-refractivity contribution in [3.8, 4) is 28.7 Å². The average molecular weight is 363 g/mol. The summed E-state index contributed by atoms with van der Waals surface area (Å²) < 4.78 is 23.8. The monoisotopic (exact) mass is 363 g/mol. The van der Waals surface area contributed by atoms with Gasteiger partial charge >= 0.3 is 0 Å². The maximum absolute atomic E-state index is 12.8. The fourth-order valence-corrected chi connectivity index (χ4v) is 2.44. The topological polar surface area (TPSA) is 62.5 Å². The van der Waals surface area contributed by atoms with E-state index in [0.717, 1.165) is 11.1 Å². The van der Waals surface area contributed by atoms with Crippen LogP contribution in [0.1, 0.15) is 5.56 Å². The largest absolute Gasteiger partial charge is 0.491 e.